The number of nitrogens with one attached hydrogen (secondary N) is 1. The van der Waals surface area contributed by atoms with E-state index in [1.807, 2.05) is 6.07 Å². The van der Waals surface area contributed by atoms with Crippen molar-refractivity contribution in [3.63, 3.8) is 0 Å². The zero-order valence-corrected chi connectivity index (χ0v) is 16.8. The Labute approximate surface area is 175 Å². The third-order valence-corrected chi connectivity index (χ3v) is 4.40. The Morgan fingerprint density at radius 2 is 1.71 bits per heavy atom. The second-order valence-electron chi connectivity index (χ2n) is 5.64. The van der Waals surface area contributed by atoms with Gasteiger partial charge in [-0.1, -0.05) is 45.7 Å². The third-order valence-electron chi connectivity index (χ3n) is 3.66. The third kappa shape index (κ3) is 5.28. The Bertz CT molecular complexity index is 1040. The molecular weight excluding hydrogens is 444 g/mol. The predicted molar refractivity (Wildman–Crippen MR) is 112 cm³/mol. The lowest BCUT2D eigenvalue weighted by molar-refractivity contribution is 0.0734. The Morgan fingerprint density at radius 3 is 2.46 bits per heavy atom. The number of halogens is 2. The van der Waals surface area contributed by atoms with E-state index in [1.54, 1.807) is 66.7 Å². The molecule has 0 saturated carbocycles. The molecule has 0 aliphatic rings. The summed E-state index contributed by atoms with van der Waals surface area (Å²) >= 11 is 9.15. The van der Waals surface area contributed by atoms with E-state index in [1.165, 1.54) is 6.21 Å². The van der Waals surface area contributed by atoms with Crippen LogP contribution in [0.3, 0.4) is 0 Å². The van der Waals surface area contributed by atoms with Crippen LogP contribution in [-0.2, 0) is 0 Å². The number of carbonyl (C=O) groups excluding carboxylic acids is 2. The van der Waals surface area contributed by atoms with E-state index in [0.29, 0.717) is 27.5 Å². The minimum Gasteiger partial charge on any atom is -0.422 e. The van der Waals surface area contributed by atoms with Crippen LogP contribution >= 0.6 is 27.5 Å². The zero-order valence-electron chi connectivity index (χ0n) is 14.4. The van der Waals surface area contributed by atoms with E-state index in [0.717, 1.165) is 4.47 Å². The Hall–Kier alpha value is -2.96. The van der Waals surface area contributed by atoms with Crippen LogP contribution in [0.15, 0.2) is 82.4 Å². The van der Waals surface area contributed by atoms with Crippen LogP contribution < -0.4 is 10.2 Å². The van der Waals surface area contributed by atoms with Crippen molar-refractivity contribution in [1.29, 1.82) is 0 Å². The lowest BCUT2D eigenvalue weighted by Gasteiger charge is -2.07. The number of hydrogen-bond donors (Lipinski definition) is 1. The van der Waals surface area contributed by atoms with Gasteiger partial charge in [-0.05, 0) is 54.6 Å². The van der Waals surface area contributed by atoms with E-state index in [-0.39, 0.29) is 5.91 Å². The van der Waals surface area contributed by atoms with E-state index in [2.05, 4.69) is 26.5 Å². The summed E-state index contributed by atoms with van der Waals surface area (Å²) in [5.41, 5.74) is 3.83. The molecule has 1 N–H and O–H groups in total. The molecule has 140 valence electrons. The van der Waals surface area contributed by atoms with Gasteiger partial charge < -0.3 is 4.74 Å². The molecule has 0 aliphatic carbocycles. The van der Waals surface area contributed by atoms with Crippen molar-refractivity contribution in [2.75, 3.05) is 0 Å². The Balaban J connectivity index is 1.69. The lowest BCUT2D eigenvalue weighted by Crippen LogP contribution is -2.17. The predicted octanol–water partition coefficient (Wildman–Crippen LogP) is 5.09. The zero-order chi connectivity index (χ0) is 19.9. The first-order chi connectivity index (χ1) is 13.5. The monoisotopic (exact) mass is 456 g/mol. The molecular formula is C21H14BrClN2O3. The van der Waals surface area contributed by atoms with E-state index < -0.39 is 5.97 Å². The maximum Gasteiger partial charge on any atom is 0.343 e. The fourth-order valence-corrected chi connectivity index (χ4v) is 2.80. The number of amides is 1. The maximum absolute atomic E-state index is 12.3. The van der Waals surface area contributed by atoms with Gasteiger partial charge in [-0.15, -0.1) is 0 Å². The molecule has 0 unspecified atom stereocenters. The summed E-state index contributed by atoms with van der Waals surface area (Å²) in [6, 6.07) is 20.2. The average molecular weight is 458 g/mol. The van der Waals surface area contributed by atoms with Gasteiger partial charge in [-0.25, -0.2) is 10.2 Å². The number of hydrazone groups is 1. The number of carbonyl (C=O) groups is 2. The first-order valence-electron chi connectivity index (χ1n) is 8.19. The van der Waals surface area contributed by atoms with Gasteiger partial charge in [-0.3, -0.25) is 4.79 Å². The highest BCUT2D eigenvalue weighted by Crippen LogP contribution is 2.18. The number of benzene rings is 3. The summed E-state index contributed by atoms with van der Waals surface area (Å²) in [5, 5.41) is 4.48. The molecule has 3 aromatic rings. The number of para-hydroxylation sites is 1. The van der Waals surface area contributed by atoms with Gasteiger partial charge in [0, 0.05) is 20.6 Å². The summed E-state index contributed by atoms with van der Waals surface area (Å²) in [6.45, 7) is 0. The SMILES string of the molecule is O=C(N/N=C/c1ccccc1OC(=O)c1ccc(Cl)cc1)c1cccc(Br)c1. The van der Waals surface area contributed by atoms with Crippen LogP contribution in [0, 0.1) is 0 Å². The fraction of sp³-hybridized carbons (Fsp3) is 0. The molecule has 0 saturated heterocycles. The molecule has 0 atom stereocenters. The normalized spacial score (nSPS) is 10.6. The lowest BCUT2D eigenvalue weighted by atomic mass is 10.2. The van der Waals surface area contributed by atoms with Gasteiger partial charge in [0.2, 0.25) is 0 Å². The Kier molecular flexibility index (Phi) is 6.57. The van der Waals surface area contributed by atoms with Crippen LogP contribution in [-0.4, -0.2) is 18.1 Å². The van der Waals surface area contributed by atoms with Gasteiger partial charge in [0.15, 0.2) is 0 Å². The van der Waals surface area contributed by atoms with Crippen molar-refractivity contribution >= 4 is 45.6 Å². The molecule has 3 aromatic carbocycles. The largest absolute Gasteiger partial charge is 0.422 e. The first-order valence-corrected chi connectivity index (χ1v) is 9.36. The first kappa shape index (κ1) is 19.8. The number of rotatable bonds is 5. The molecule has 5 nitrogen and oxygen atoms in total. The molecule has 0 radical (unpaired) electrons. The van der Waals surface area contributed by atoms with Gasteiger partial charge in [-0.2, -0.15) is 5.10 Å². The minimum atomic E-state index is -0.518. The molecule has 0 aromatic heterocycles. The van der Waals surface area contributed by atoms with Crippen LogP contribution in [0.5, 0.6) is 5.75 Å². The van der Waals surface area contributed by atoms with Gasteiger partial charge in [0.05, 0.1) is 11.8 Å². The van der Waals surface area contributed by atoms with Crippen molar-refractivity contribution in [2.24, 2.45) is 5.10 Å². The van der Waals surface area contributed by atoms with E-state index >= 15 is 0 Å². The van der Waals surface area contributed by atoms with Gasteiger partial charge in [0.1, 0.15) is 5.75 Å². The topological polar surface area (TPSA) is 67.8 Å². The number of nitrogens with zero attached hydrogens (tertiary/aromatic N) is 1. The van der Waals surface area contributed by atoms with Crippen molar-refractivity contribution in [3.05, 3.63) is 99.0 Å². The van der Waals surface area contributed by atoms with Crippen LogP contribution in [0.2, 0.25) is 5.02 Å². The van der Waals surface area contributed by atoms with Crippen LogP contribution in [0.1, 0.15) is 26.3 Å². The molecule has 28 heavy (non-hydrogen) atoms. The summed E-state index contributed by atoms with van der Waals surface area (Å²) in [4.78, 5) is 24.4. The highest BCUT2D eigenvalue weighted by molar-refractivity contribution is 9.10. The van der Waals surface area contributed by atoms with E-state index in [9.17, 15) is 9.59 Å². The number of hydrogen-bond acceptors (Lipinski definition) is 4. The van der Waals surface area contributed by atoms with Gasteiger partial charge in [0.25, 0.3) is 5.91 Å². The summed E-state index contributed by atoms with van der Waals surface area (Å²) in [5.74, 6) is -0.549. The van der Waals surface area contributed by atoms with Crippen molar-refractivity contribution in [1.82, 2.24) is 5.43 Å². The molecule has 0 aliphatic heterocycles. The van der Waals surface area contributed by atoms with Crippen LogP contribution in [0.25, 0.3) is 0 Å². The second kappa shape index (κ2) is 9.30. The minimum absolute atomic E-state index is 0.322. The summed E-state index contributed by atoms with van der Waals surface area (Å²) in [6.07, 6.45) is 1.42. The molecule has 1 amide bonds. The van der Waals surface area contributed by atoms with Crippen LogP contribution in [0.4, 0.5) is 0 Å². The standard InChI is InChI=1S/C21H14BrClN2O3/c22-17-6-3-5-15(12-17)20(26)25-24-13-16-4-1-2-7-19(16)28-21(27)14-8-10-18(23)11-9-14/h1-13H,(H,25,26)/b24-13+. The molecule has 0 heterocycles. The van der Waals surface area contributed by atoms with Crippen molar-refractivity contribution < 1.29 is 14.3 Å². The molecule has 0 fully saturated rings. The second-order valence-corrected chi connectivity index (χ2v) is 7.00. The number of esters is 1. The summed E-state index contributed by atoms with van der Waals surface area (Å²) in [7, 11) is 0. The van der Waals surface area contributed by atoms with Crippen molar-refractivity contribution in [2.45, 2.75) is 0 Å². The van der Waals surface area contributed by atoms with Crippen molar-refractivity contribution in [3.8, 4) is 5.75 Å². The fourth-order valence-electron chi connectivity index (χ4n) is 2.28. The average Bonchev–Trinajstić information content (AvgIpc) is 2.69. The Morgan fingerprint density at radius 1 is 0.964 bits per heavy atom. The highest BCUT2D eigenvalue weighted by Gasteiger charge is 2.11. The quantitative estimate of drug-likeness (QED) is 0.251. The smallest absolute Gasteiger partial charge is 0.343 e. The molecule has 7 heteroatoms. The molecule has 3 rings (SSSR count). The molecule has 0 bridgehead atoms. The number of ether oxygens (including phenoxy) is 1. The summed E-state index contributed by atoms with van der Waals surface area (Å²) < 4.78 is 6.23. The van der Waals surface area contributed by atoms with Gasteiger partial charge >= 0.3 is 5.97 Å². The van der Waals surface area contributed by atoms with E-state index in [4.69, 9.17) is 16.3 Å². The maximum atomic E-state index is 12.3. The molecule has 0 spiro atoms. The highest BCUT2D eigenvalue weighted by atomic mass is 79.9.